The number of amides is 2. The predicted molar refractivity (Wildman–Crippen MR) is 141 cm³/mol. The lowest BCUT2D eigenvalue weighted by atomic mass is 10.0. The third kappa shape index (κ3) is 7.31. The molecule has 0 saturated heterocycles. The van der Waals surface area contributed by atoms with E-state index in [9.17, 15) is 9.59 Å². The van der Waals surface area contributed by atoms with Crippen molar-refractivity contribution in [2.75, 3.05) is 6.61 Å². The Morgan fingerprint density at radius 2 is 1.17 bits per heavy atom. The SMILES string of the molecule is O=C(NCc1ccccc1)[C@H](Cc1ccccc1)N(Cc1ccccc1)C(=O)COc1ccccc1. The molecule has 4 aromatic carbocycles. The highest BCUT2D eigenvalue weighted by molar-refractivity contribution is 5.88. The first-order valence-corrected chi connectivity index (χ1v) is 12.1. The molecule has 0 saturated carbocycles. The molecular weight excluding hydrogens is 448 g/mol. The lowest BCUT2D eigenvalue weighted by Crippen LogP contribution is -2.51. The van der Waals surface area contributed by atoms with Crippen LogP contribution >= 0.6 is 0 Å². The summed E-state index contributed by atoms with van der Waals surface area (Å²) < 4.78 is 5.77. The van der Waals surface area contributed by atoms with E-state index in [1.165, 1.54) is 0 Å². The molecule has 182 valence electrons. The van der Waals surface area contributed by atoms with Crippen LogP contribution in [0.4, 0.5) is 0 Å². The summed E-state index contributed by atoms with van der Waals surface area (Å²) in [5.74, 6) is 0.156. The molecule has 0 unspecified atom stereocenters. The number of hydrogen-bond acceptors (Lipinski definition) is 3. The van der Waals surface area contributed by atoms with E-state index in [1.807, 2.05) is 121 Å². The van der Waals surface area contributed by atoms with Gasteiger partial charge in [-0.25, -0.2) is 0 Å². The van der Waals surface area contributed by atoms with Crippen LogP contribution in [-0.2, 0) is 29.1 Å². The zero-order valence-corrected chi connectivity index (χ0v) is 20.1. The molecule has 1 atom stereocenters. The minimum absolute atomic E-state index is 0.159. The van der Waals surface area contributed by atoms with E-state index >= 15 is 0 Å². The van der Waals surface area contributed by atoms with Gasteiger partial charge in [0.1, 0.15) is 11.8 Å². The van der Waals surface area contributed by atoms with Crippen molar-refractivity contribution in [2.24, 2.45) is 0 Å². The molecule has 36 heavy (non-hydrogen) atoms. The smallest absolute Gasteiger partial charge is 0.261 e. The Bertz CT molecular complexity index is 1120. The van der Waals surface area contributed by atoms with E-state index in [1.54, 1.807) is 4.90 Å². The fourth-order valence-electron chi connectivity index (χ4n) is 3.98. The van der Waals surface area contributed by atoms with Crippen molar-refractivity contribution in [1.82, 2.24) is 10.2 Å². The van der Waals surface area contributed by atoms with Gasteiger partial charge in [0.05, 0.1) is 0 Å². The molecule has 2 amide bonds. The molecule has 0 aliphatic rings. The Morgan fingerprint density at radius 3 is 1.75 bits per heavy atom. The van der Waals surface area contributed by atoms with Crippen LogP contribution in [0.3, 0.4) is 0 Å². The summed E-state index contributed by atoms with van der Waals surface area (Å²) in [5.41, 5.74) is 2.92. The molecule has 0 radical (unpaired) electrons. The molecule has 0 aromatic heterocycles. The topological polar surface area (TPSA) is 58.6 Å². The van der Waals surface area contributed by atoms with Gasteiger partial charge in [-0.15, -0.1) is 0 Å². The lowest BCUT2D eigenvalue weighted by Gasteiger charge is -2.31. The van der Waals surface area contributed by atoms with Crippen molar-refractivity contribution in [3.8, 4) is 5.75 Å². The van der Waals surface area contributed by atoms with Crippen LogP contribution in [0.15, 0.2) is 121 Å². The van der Waals surface area contributed by atoms with Crippen LogP contribution in [0.25, 0.3) is 0 Å². The van der Waals surface area contributed by atoms with E-state index in [0.717, 1.165) is 16.7 Å². The molecule has 0 heterocycles. The molecule has 4 aromatic rings. The number of carbonyl (C=O) groups excluding carboxylic acids is 2. The zero-order chi connectivity index (χ0) is 25.0. The van der Waals surface area contributed by atoms with Gasteiger partial charge in [-0.1, -0.05) is 109 Å². The first-order valence-electron chi connectivity index (χ1n) is 12.1. The van der Waals surface area contributed by atoms with E-state index in [0.29, 0.717) is 25.3 Å². The molecule has 5 nitrogen and oxygen atoms in total. The summed E-state index contributed by atoms with van der Waals surface area (Å²) in [6.07, 6.45) is 0.394. The maximum atomic E-state index is 13.6. The number of nitrogens with one attached hydrogen (secondary N) is 1. The van der Waals surface area contributed by atoms with Crippen LogP contribution in [0.1, 0.15) is 16.7 Å². The van der Waals surface area contributed by atoms with E-state index in [2.05, 4.69) is 5.32 Å². The number of carbonyl (C=O) groups is 2. The number of para-hydroxylation sites is 1. The number of hydrogen-bond donors (Lipinski definition) is 1. The van der Waals surface area contributed by atoms with Gasteiger partial charge in [-0.2, -0.15) is 0 Å². The molecule has 4 rings (SSSR count). The number of benzene rings is 4. The highest BCUT2D eigenvalue weighted by Crippen LogP contribution is 2.16. The van der Waals surface area contributed by atoms with Crippen LogP contribution in [-0.4, -0.2) is 29.4 Å². The summed E-state index contributed by atoms with van der Waals surface area (Å²) in [7, 11) is 0. The monoisotopic (exact) mass is 478 g/mol. The predicted octanol–water partition coefficient (Wildman–Crippen LogP) is 5.02. The summed E-state index contributed by atoms with van der Waals surface area (Å²) in [6, 6.07) is 37.8. The average molecular weight is 479 g/mol. The Morgan fingerprint density at radius 1 is 0.667 bits per heavy atom. The first-order chi connectivity index (χ1) is 17.7. The fourth-order valence-corrected chi connectivity index (χ4v) is 3.98. The number of ether oxygens (including phenoxy) is 1. The maximum absolute atomic E-state index is 13.6. The third-order valence-electron chi connectivity index (χ3n) is 5.88. The molecule has 1 N–H and O–H groups in total. The Balaban J connectivity index is 1.59. The minimum atomic E-state index is -0.705. The summed E-state index contributed by atoms with van der Waals surface area (Å²) in [4.78, 5) is 28.8. The van der Waals surface area contributed by atoms with Crippen LogP contribution in [0, 0.1) is 0 Å². The lowest BCUT2D eigenvalue weighted by molar-refractivity contribution is -0.142. The van der Waals surface area contributed by atoms with Gasteiger partial charge in [0, 0.05) is 19.5 Å². The second-order valence-corrected chi connectivity index (χ2v) is 8.52. The second kappa shape index (κ2) is 12.9. The molecule has 0 aliphatic carbocycles. The van der Waals surface area contributed by atoms with Gasteiger partial charge in [-0.05, 0) is 28.8 Å². The number of rotatable bonds is 11. The van der Waals surface area contributed by atoms with Crippen molar-refractivity contribution in [1.29, 1.82) is 0 Å². The molecule has 0 bridgehead atoms. The van der Waals surface area contributed by atoms with Crippen molar-refractivity contribution < 1.29 is 14.3 Å². The average Bonchev–Trinajstić information content (AvgIpc) is 2.94. The van der Waals surface area contributed by atoms with Crippen molar-refractivity contribution in [3.05, 3.63) is 138 Å². The highest BCUT2D eigenvalue weighted by Gasteiger charge is 2.30. The van der Waals surface area contributed by atoms with Gasteiger partial charge in [0.2, 0.25) is 5.91 Å². The Kier molecular flexibility index (Phi) is 8.87. The summed E-state index contributed by atoms with van der Waals surface area (Å²) >= 11 is 0. The van der Waals surface area contributed by atoms with Gasteiger partial charge in [0.25, 0.3) is 5.91 Å². The summed E-state index contributed by atoms with van der Waals surface area (Å²) in [6.45, 7) is 0.529. The largest absolute Gasteiger partial charge is 0.484 e. The first kappa shape index (κ1) is 24.7. The van der Waals surface area contributed by atoms with E-state index in [4.69, 9.17) is 4.74 Å². The number of nitrogens with zero attached hydrogens (tertiary/aromatic N) is 1. The Hall–Kier alpha value is -4.38. The quantitative estimate of drug-likeness (QED) is 0.329. The highest BCUT2D eigenvalue weighted by atomic mass is 16.5. The Labute approximate surface area is 212 Å². The van der Waals surface area contributed by atoms with Crippen LogP contribution in [0.2, 0.25) is 0 Å². The van der Waals surface area contributed by atoms with Crippen molar-refractivity contribution in [3.63, 3.8) is 0 Å². The molecule has 0 spiro atoms. The van der Waals surface area contributed by atoms with Gasteiger partial charge < -0.3 is 15.0 Å². The van der Waals surface area contributed by atoms with Crippen LogP contribution in [0.5, 0.6) is 5.75 Å². The minimum Gasteiger partial charge on any atom is -0.484 e. The maximum Gasteiger partial charge on any atom is 0.261 e. The van der Waals surface area contributed by atoms with E-state index < -0.39 is 6.04 Å². The van der Waals surface area contributed by atoms with Crippen LogP contribution < -0.4 is 10.1 Å². The van der Waals surface area contributed by atoms with Gasteiger partial charge in [-0.3, -0.25) is 9.59 Å². The van der Waals surface area contributed by atoms with Gasteiger partial charge in [0.15, 0.2) is 6.61 Å². The normalized spacial score (nSPS) is 11.3. The van der Waals surface area contributed by atoms with Gasteiger partial charge >= 0.3 is 0 Å². The van der Waals surface area contributed by atoms with E-state index in [-0.39, 0.29) is 18.4 Å². The zero-order valence-electron chi connectivity index (χ0n) is 20.1. The second-order valence-electron chi connectivity index (χ2n) is 8.52. The fraction of sp³-hybridized carbons (Fsp3) is 0.161. The standard InChI is InChI=1S/C31H30N2O3/c34-30(24-36-28-19-11-4-12-20-28)33(23-27-17-9-3-10-18-27)29(21-25-13-5-1-6-14-25)31(35)32-22-26-15-7-2-8-16-26/h1-20,29H,21-24H2,(H,32,35)/t29-/m0/s1. The molecule has 0 fully saturated rings. The molecule has 5 heteroatoms. The van der Waals surface area contributed by atoms with Crippen molar-refractivity contribution in [2.45, 2.75) is 25.6 Å². The molecular formula is C31H30N2O3. The third-order valence-corrected chi connectivity index (χ3v) is 5.88. The molecule has 0 aliphatic heterocycles. The summed E-state index contributed by atoms with van der Waals surface area (Å²) in [5, 5.41) is 3.04. The van der Waals surface area contributed by atoms with Crippen molar-refractivity contribution >= 4 is 11.8 Å².